The predicted octanol–water partition coefficient (Wildman–Crippen LogP) is 1.74. The van der Waals surface area contributed by atoms with E-state index in [2.05, 4.69) is 25.0 Å². The van der Waals surface area contributed by atoms with Crippen molar-refractivity contribution in [1.82, 2.24) is 29.6 Å². The molecule has 2 fully saturated rings. The summed E-state index contributed by atoms with van der Waals surface area (Å²) in [5, 5.41) is 5.37. The van der Waals surface area contributed by atoms with Gasteiger partial charge in [0.2, 0.25) is 0 Å². The Labute approximate surface area is 157 Å². The van der Waals surface area contributed by atoms with Crippen molar-refractivity contribution < 1.29 is 4.79 Å². The molecule has 1 spiro atoms. The van der Waals surface area contributed by atoms with Crippen molar-refractivity contribution in [2.45, 2.75) is 19.8 Å². The molecule has 1 saturated heterocycles. The molecule has 0 unspecified atom stereocenters. The molecular formula is C19H23N7O. The van der Waals surface area contributed by atoms with E-state index in [4.69, 9.17) is 0 Å². The molecule has 2 aliphatic rings. The average Bonchev–Trinajstić information content (AvgIpc) is 3.15. The second-order valence-corrected chi connectivity index (χ2v) is 7.88. The minimum Gasteiger partial charge on any atom is -0.354 e. The number of aromatic nitrogens is 5. The maximum Gasteiger partial charge on any atom is 0.272 e. The predicted molar refractivity (Wildman–Crippen MR) is 102 cm³/mol. The summed E-state index contributed by atoms with van der Waals surface area (Å²) >= 11 is 0. The molecule has 1 aliphatic heterocycles. The Balaban J connectivity index is 1.44. The van der Waals surface area contributed by atoms with E-state index < -0.39 is 0 Å². The van der Waals surface area contributed by atoms with E-state index in [-0.39, 0.29) is 11.3 Å². The highest BCUT2D eigenvalue weighted by Gasteiger charge is 2.48. The van der Waals surface area contributed by atoms with Crippen LogP contribution < -0.4 is 4.90 Å². The lowest BCUT2D eigenvalue weighted by atomic mass is 10.1. The Kier molecular flexibility index (Phi) is 3.50. The summed E-state index contributed by atoms with van der Waals surface area (Å²) in [6.07, 6.45) is 5.81. The molecule has 1 saturated carbocycles. The van der Waals surface area contributed by atoms with E-state index in [1.54, 1.807) is 11.0 Å². The first kappa shape index (κ1) is 16.3. The molecule has 8 heteroatoms. The van der Waals surface area contributed by atoms with Gasteiger partial charge in [-0.3, -0.25) is 9.48 Å². The second kappa shape index (κ2) is 5.80. The third kappa shape index (κ3) is 2.75. The van der Waals surface area contributed by atoms with Crippen LogP contribution in [0, 0.1) is 12.3 Å². The quantitative estimate of drug-likeness (QED) is 0.748. The summed E-state index contributed by atoms with van der Waals surface area (Å²) in [7, 11) is 1.83. The van der Waals surface area contributed by atoms with Crippen LogP contribution in [0.3, 0.4) is 0 Å². The Hall–Kier alpha value is -2.90. The van der Waals surface area contributed by atoms with Gasteiger partial charge in [-0.2, -0.15) is 5.10 Å². The lowest BCUT2D eigenvalue weighted by Crippen LogP contribution is -2.37. The zero-order valence-electron chi connectivity index (χ0n) is 15.6. The Bertz CT molecular complexity index is 1020. The van der Waals surface area contributed by atoms with Crippen molar-refractivity contribution in [2.24, 2.45) is 12.5 Å². The van der Waals surface area contributed by atoms with Crippen LogP contribution >= 0.6 is 0 Å². The number of hydrogen-bond acceptors (Lipinski definition) is 5. The van der Waals surface area contributed by atoms with Gasteiger partial charge in [0.05, 0.1) is 11.1 Å². The number of anilines is 1. The summed E-state index contributed by atoms with van der Waals surface area (Å²) in [5.74, 6) is 1.03. The van der Waals surface area contributed by atoms with Gasteiger partial charge in [0, 0.05) is 44.8 Å². The number of nitrogens with one attached hydrogen (secondary N) is 1. The van der Waals surface area contributed by atoms with E-state index in [0.29, 0.717) is 12.2 Å². The van der Waals surface area contributed by atoms with Crippen molar-refractivity contribution in [3.05, 3.63) is 36.0 Å². The smallest absolute Gasteiger partial charge is 0.272 e. The standard InChI is InChI=1S/C19H23N7O/c1-13-9-15(24(2)23-13)18(27)26-8-7-25(10-19(11-26)4-5-19)17-14-3-6-20-16(14)21-12-22-17/h3,6,9,12H,4-5,7-8,10-11H2,1-2H3,(H,20,21,22). The number of nitrogens with zero attached hydrogens (tertiary/aromatic N) is 6. The lowest BCUT2D eigenvalue weighted by molar-refractivity contribution is 0.0729. The van der Waals surface area contributed by atoms with Crippen molar-refractivity contribution in [3.63, 3.8) is 0 Å². The van der Waals surface area contributed by atoms with E-state index in [9.17, 15) is 4.79 Å². The number of carbonyl (C=O) groups is 1. The van der Waals surface area contributed by atoms with Crippen molar-refractivity contribution in [1.29, 1.82) is 0 Å². The normalized spacial score (nSPS) is 18.9. The number of fused-ring (bicyclic) bond motifs is 1. The molecule has 5 rings (SSSR count). The third-order valence-electron chi connectivity index (χ3n) is 5.79. The second-order valence-electron chi connectivity index (χ2n) is 7.88. The molecule has 1 amide bonds. The minimum atomic E-state index is 0.0701. The summed E-state index contributed by atoms with van der Waals surface area (Å²) in [6, 6.07) is 3.90. The molecule has 0 atom stereocenters. The monoisotopic (exact) mass is 365 g/mol. The molecule has 0 radical (unpaired) electrons. The first-order valence-corrected chi connectivity index (χ1v) is 9.38. The van der Waals surface area contributed by atoms with E-state index in [1.165, 1.54) is 0 Å². The van der Waals surface area contributed by atoms with Gasteiger partial charge < -0.3 is 14.8 Å². The van der Waals surface area contributed by atoms with Gasteiger partial charge in [-0.15, -0.1) is 0 Å². The van der Waals surface area contributed by atoms with Crippen molar-refractivity contribution in [3.8, 4) is 0 Å². The van der Waals surface area contributed by atoms with Gasteiger partial charge in [-0.05, 0) is 31.9 Å². The number of H-pyrrole nitrogens is 1. The molecule has 1 aliphatic carbocycles. The van der Waals surface area contributed by atoms with Crippen LogP contribution in [0.1, 0.15) is 29.0 Å². The van der Waals surface area contributed by atoms with Crippen LogP contribution in [0.5, 0.6) is 0 Å². The van der Waals surface area contributed by atoms with E-state index >= 15 is 0 Å². The molecule has 1 N–H and O–H groups in total. The van der Waals surface area contributed by atoms with E-state index in [0.717, 1.165) is 55.0 Å². The van der Waals surface area contributed by atoms with Gasteiger partial charge in [0.25, 0.3) is 5.91 Å². The molecule has 27 heavy (non-hydrogen) atoms. The number of rotatable bonds is 2. The summed E-state index contributed by atoms with van der Waals surface area (Å²) in [5.41, 5.74) is 2.56. The number of aromatic amines is 1. The summed E-state index contributed by atoms with van der Waals surface area (Å²) in [4.78, 5) is 29.5. The largest absolute Gasteiger partial charge is 0.354 e. The van der Waals surface area contributed by atoms with Gasteiger partial charge in [0.1, 0.15) is 23.5 Å². The highest BCUT2D eigenvalue weighted by atomic mass is 16.2. The highest BCUT2D eigenvalue weighted by molar-refractivity contribution is 5.93. The van der Waals surface area contributed by atoms with Crippen LogP contribution in [0.25, 0.3) is 11.0 Å². The molecule has 0 bridgehead atoms. The third-order valence-corrected chi connectivity index (χ3v) is 5.79. The number of amides is 1. The average molecular weight is 365 g/mol. The van der Waals surface area contributed by atoms with Crippen LogP contribution in [0.4, 0.5) is 5.82 Å². The van der Waals surface area contributed by atoms with Gasteiger partial charge in [-0.25, -0.2) is 9.97 Å². The van der Waals surface area contributed by atoms with Crippen LogP contribution in [-0.4, -0.2) is 61.7 Å². The van der Waals surface area contributed by atoms with Crippen molar-refractivity contribution in [2.75, 3.05) is 31.1 Å². The maximum atomic E-state index is 13.1. The zero-order chi connectivity index (χ0) is 18.6. The Morgan fingerprint density at radius 3 is 2.81 bits per heavy atom. The van der Waals surface area contributed by atoms with Crippen molar-refractivity contribution >= 4 is 22.8 Å². The topological polar surface area (TPSA) is 82.9 Å². The zero-order valence-corrected chi connectivity index (χ0v) is 15.6. The molecule has 8 nitrogen and oxygen atoms in total. The first-order chi connectivity index (χ1) is 13.0. The fraction of sp³-hybridized carbons (Fsp3) is 0.474. The van der Waals surface area contributed by atoms with Gasteiger partial charge in [-0.1, -0.05) is 0 Å². The number of hydrogen-bond donors (Lipinski definition) is 1. The van der Waals surface area contributed by atoms with E-state index in [1.807, 2.05) is 37.2 Å². The Morgan fingerprint density at radius 2 is 2.07 bits per heavy atom. The minimum absolute atomic E-state index is 0.0701. The number of aryl methyl sites for hydroxylation is 2. The fourth-order valence-electron chi connectivity index (χ4n) is 4.19. The maximum absolute atomic E-state index is 13.1. The number of carbonyl (C=O) groups excluding carboxylic acids is 1. The molecular weight excluding hydrogens is 342 g/mol. The molecule has 4 heterocycles. The van der Waals surface area contributed by atoms with Gasteiger partial charge >= 0.3 is 0 Å². The first-order valence-electron chi connectivity index (χ1n) is 9.38. The molecule has 140 valence electrons. The van der Waals surface area contributed by atoms with Crippen LogP contribution in [0.2, 0.25) is 0 Å². The SMILES string of the molecule is Cc1cc(C(=O)N2CCN(c3ncnc4[nH]ccc34)CC3(CC3)C2)n(C)n1. The van der Waals surface area contributed by atoms with Crippen LogP contribution in [0.15, 0.2) is 24.7 Å². The molecule has 0 aromatic carbocycles. The highest BCUT2D eigenvalue weighted by Crippen LogP contribution is 2.48. The molecule has 3 aromatic rings. The molecule has 3 aromatic heterocycles. The lowest BCUT2D eigenvalue weighted by Gasteiger charge is -2.25. The van der Waals surface area contributed by atoms with Gasteiger partial charge in [0.15, 0.2) is 0 Å². The summed E-state index contributed by atoms with van der Waals surface area (Å²) in [6.45, 7) is 5.09. The summed E-state index contributed by atoms with van der Waals surface area (Å²) < 4.78 is 1.69. The Morgan fingerprint density at radius 1 is 1.22 bits per heavy atom. The fourth-order valence-corrected chi connectivity index (χ4v) is 4.19. The van der Waals surface area contributed by atoms with Crippen LogP contribution in [-0.2, 0) is 7.05 Å².